The van der Waals surface area contributed by atoms with E-state index in [1.807, 2.05) is 25.2 Å². The number of rotatable bonds is 6. The number of benzene rings is 1. The summed E-state index contributed by atoms with van der Waals surface area (Å²) in [6.07, 6.45) is 0.474. The third-order valence-electron chi connectivity index (χ3n) is 2.71. The predicted octanol–water partition coefficient (Wildman–Crippen LogP) is 2.87. The lowest BCUT2D eigenvalue weighted by Gasteiger charge is -2.21. The smallest absolute Gasteiger partial charge is 0.0762 e. The van der Waals surface area contributed by atoms with Gasteiger partial charge in [-0.3, -0.25) is 0 Å². The number of ether oxygens (including phenoxy) is 1. The van der Waals surface area contributed by atoms with E-state index in [1.165, 1.54) is 0 Å². The van der Waals surface area contributed by atoms with Crippen LogP contribution in [0.15, 0.2) is 18.2 Å². The van der Waals surface area contributed by atoms with Gasteiger partial charge < -0.3 is 14.7 Å². The van der Waals surface area contributed by atoms with Crippen LogP contribution in [0.25, 0.3) is 0 Å². The Kier molecular flexibility index (Phi) is 5.75. The normalized spacial score (nSPS) is 12.5. The number of aliphatic hydroxyl groups is 1. The molecule has 0 fully saturated rings. The number of nitrogens with zero attached hydrogens (tertiary/aromatic N) is 1. The van der Waals surface area contributed by atoms with Crippen LogP contribution in [-0.4, -0.2) is 32.4 Å². The number of halogens is 1. The number of methoxy groups -OCH3 is 1. The van der Waals surface area contributed by atoms with E-state index in [1.54, 1.807) is 14.0 Å². The topological polar surface area (TPSA) is 32.7 Å². The molecule has 3 nitrogen and oxygen atoms in total. The van der Waals surface area contributed by atoms with Gasteiger partial charge in [-0.1, -0.05) is 17.7 Å². The minimum absolute atomic E-state index is 0.486. The molecule has 0 saturated heterocycles. The molecule has 1 N–H and O–H groups in total. The highest BCUT2D eigenvalue weighted by Gasteiger charge is 2.08. The van der Waals surface area contributed by atoms with Gasteiger partial charge in [0, 0.05) is 27.3 Å². The highest BCUT2D eigenvalue weighted by atomic mass is 35.5. The maximum atomic E-state index is 9.46. The summed E-state index contributed by atoms with van der Waals surface area (Å²) in [6, 6.07) is 5.66. The fourth-order valence-corrected chi connectivity index (χ4v) is 1.99. The summed E-state index contributed by atoms with van der Waals surface area (Å²) >= 11 is 6.20. The largest absolute Gasteiger partial charge is 0.389 e. The molecule has 0 aliphatic heterocycles. The Balaban J connectivity index is 2.70. The molecule has 17 heavy (non-hydrogen) atoms. The van der Waals surface area contributed by atoms with Crippen molar-refractivity contribution in [1.29, 1.82) is 0 Å². The van der Waals surface area contributed by atoms with Crippen LogP contribution >= 0.6 is 11.6 Å². The summed E-state index contributed by atoms with van der Waals surface area (Å²) in [6.45, 7) is 3.36. The van der Waals surface area contributed by atoms with Crippen LogP contribution in [0.1, 0.15) is 25.0 Å². The third kappa shape index (κ3) is 4.19. The zero-order valence-corrected chi connectivity index (χ0v) is 11.4. The summed E-state index contributed by atoms with van der Waals surface area (Å²) in [7, 11) is 3.70. The molecule has 0 saturated carbocycles. The van der Waals surface area contributed by atoms with Crippen LogP contribution in [0.5, 0.6) is 0 Å². The quantitative estimate of drug-likeness (QED) is 0.796. The van der Waals surface area contributed by atoms with E-state index in [0.717, 1.165) is 30.8 Å². The van der Waals surface area contributed by atoms with E-state index in [0.29, 0.717) is 5.02 Å². The van der Waals surface area contributed by atoms with E-state index in [9.17, 15) is 5.11 Å². The minimum atomic E-state index is -0.486. The van der Waals surface area contributed by atoms with Crippen molar-refractivity contribution in [2.75, 3.05) is 32.2 Å². The van der Waals surface area contributed by atoms with E-state index in [2.05, 4.69) is 4.90 Å². The molecule has 1 aromatic carbocycles. The lowest BCUT2D eigenvalue weighted by Crippen LogP contribution is -2.20. The Labute approximate surface area is 108 Å². The van der Waals surface area contributed by atoms with E-state index in [-0.39, 0.29) is 0 Å². The molecule has 0 radical (unpaired) electrons. The van der Waals surface area contributed by atoms with Gasteiger partial charge in [0.25, 0.3) is 0 Å². The van der Waals surface area contributed by atoms with E-state index in [4.69, 9.17) is 16.3 Å². The monoisotopic (exact) mass is 257 g/mol. The fraction of sp³-hybridized carbons (Fsp3) is 0.538. The van der Waals surface area contributed by atoms with Gasteiger partial charge in [0.1, 0.15) is 0 Å². The molecule has 1 aromatic rings. The highest BCUT2D eigenvalue weighted by molar-refractivity contribution is 6.33. The molecule has 0 amide bonds. The van der Waals surface area contributed by atoms with Gasteiger partial charge >= 0.3 is 0 Å². The molecule has 0 aromatic heterocycles. The number of aliphatic hydroxyl groups excluding tert-OH is 1. The maximum Gasteiger partial charge on any atom is 0.0762 e. The van der Waals surface area contributed by atoms with E-state index >= 15 is 0 Å². The second-order valence-corrected chi connectivity index (χ2v) is 4.56. The lowest BCUT2D eigenvalue weighted by molar-refractivity contribution is 0.196. The maximum absolute atomic E-state index is 9.46. The van der Waals surface area contributed by atoms with Crippen molar-refractivity contribution in [3.63, 3.8) is 0 Å². The molecular formula is C13H20ClNO2. The summed E-state index contributed by atoms with van der Waals surface area (Å²) < 4.78 is 5.02. The van der Waals surface area contributed by atoms with Crippen molar-refractivity contribution < 1.29 is 9.84 Å². The fourth-order valence-electron chi connectivity index (χ4n) is 1.66. The molecule has 4 heteroatoms. The van der Waals surface area contributed by atoms with Crippen LogP contribution in [0.2, 0.25) is 5.02 Å². The van der Waals surface area contributed by atoms with Gasteiger partial charge in [-0.25, -0.2) is 0 Å². The highest BCUT2D eigenvalue weighted by Crippen LogP contribution is 2.28. The summed E-state index contributed by atoms with van der Waals surface area (Å²) in [4.78, 5) is 2.09. The predicted molar refractivity (Wildman–Crippen MR) is 71.8 cm³/mol. The average molecular weight is 258 g/mol. The second-order valence-electron chi connectivity index (χ2n) is 4.15. The van der Waals surface area contributed by atoms with Gasteiger partial charge in [-0.15, -0.1) is 0 Å². The molecule has 1 unspecified atom stereocenters. The Morgan fingerprint density at radius 1 is 1.47 bits per heavy atom. The third-order valence-corrected chi connectivity index (χ3v) is 3.01. The van der Waals surface area contributed by atoms with Crippen molar-refractivity contribution in [2.45, 2.75) is 19.4 Å². The van der Waals surface area contributed by atoms with E-state index < -0.39 is 6.10 Å². The Morgan fingerprint density at radius 3 is 2.71 bits per heavy atom. The Bertz CT molecular complexity index is 355. The van der Waals surface area contributed by atoms with Crippen LogP contribution in [-0.2, 0) is 4.74 Å². The molecule has 1 rings (SSSR count). The van der Waals surface area contributed by atoms with Crippen LogP contribution in [0.3, 0.4) is 0 Å². The standard InChI is InChI=1S/C13H20ClNO2/c1-10(16)11-5-6-13(12(14)9-11)15(2)7-4-8-17-3/h5-6,9-10,16H,4,7-8H2,1-3H3. The Morgan fingerprint density at radius 2 is 2.18 bits per heavy atom. The van der Waals surface area contributed by atoms with Gasteiger partial charge in [0.15, 0.2) is 0 Å². The first kappa shape index (κ1) is 14.3. The van der Waals surface area contributed by atoms with Crippen molar-refractivity contribution in [1.82, 2.24) is 0 Å². The van der Waals surface area contributed by atoms with Crippen molar-refractivity contribution >= 4 is 17.3 Å². The van der Waals surface area contributed by atoms with Crippen LogP contribution < -0.4 is 4.90 Å². The van der Waals surface area contributed by atoms with Gasteiger partial charge in [0.2, 0.25) is 0 Å². The average Bonchev–Trinajstić information content (AvgIpc) is 2.28. The van der Waals surface area contributed by atoms with Gasteiger partial charge in [0.05, 0.1) is 16.8 Å². The van der Waals surface area contributed by atoms with Crippen LogP contribution in [0.4, 0.5) is 5.69 Å². The number of hydrogen-bond acceptors (Lipinski definition) is 3. The molecule has 0 aliphatic rings. The molecule has 1 atom stereocenters. The first-order chi connectivity index (χ1) is 8.06. The molecule has 0 spiro atoms. The molecule has 0 heterocycles. The SMILES string of the molecule is COCCCN(C)c1ccc(C(C)O)cc1Cl. The van der Waals surface area contributed by atoms with Crippen molar-refractivity contribution in [3.05, 3.63) is 28.8 Å². The summed E-state index contributed by atoms with van der Waals surface area (Å²) in [5.74, 6) is 0. The van der Waals surface area contributed by atoms with Crippen molar-refractivity contribution in [3.8, 4) is 0 Å². The minimum Gasteiger partial charge on any atom is -0.389 e. The first-order valence-corrected chi connectivity index (χ1v) is 6.11. The zero-order valence-electron chi connectivity index (χ0n) is 10.6. The molecule has 0 bridgehead atoms. The second kappa shape index (κ2) is 6.84. The molecule has 96 valence electrons. The summed E-state index contributed by atoms with van der Waals surface area (Å²) in [5.41, 5.74) is 1.82. The first-order valence-electron chi connectivity index (χ1n) is 5.74. The van der Waals surface area contributed by atoms with Crippen molar-refractivity contribution in [2.24, 2.45) is 0 Å². The van der Waals surface area contributed by atoms with Crippen LogP contribution in [0, 0.1) is 0 Å². The Hall–Kier alpha value is -0.770. The summed E-state index contributed by atoms with van der Waals surface area (Å²) in [5, 5.41) is 10.1. The van der Waals surface area contributed by atoms with Gasteiger partial charge in [-0.05, 0) is 31.0 Å². The van der Waals surface area contributed by atoms with Gasteiger partial charge in [-0.2, -0.15) is 0 Å². The number of anilines is 1. The number of hydrogen-bond donors (Lipinski definition) is 1. The molecular weight excluding hydrogens is 238 g/mol. The lowest BCUT2D eigenvalue weighted by atomic mass is 10.1. The zero-order chi connectivity index (χ0) is 12.8. The molecule has 0 aliphatic carbocycles.